The quantitative estimate of drug-likeness (QED) is 0.608. The minimum absolute atomic E-state index is 0.0542. The van der Waals surface area contributed by atoms with Crippen molar-refractivity contribution in [3.8, 4) is 12.3 Å². The fraction of sp³-hybridized carbons (Fsp3) is 0.333. The Morgan fingerprint density at radius 2 is 2.30 bits per heavy atom. The second kappa shape index (κ2) is 6.22. The molecule has 0 radical (unpaired) electrons. The van der Waals surface area contributed by atoms with E-state index in [1.165, 1.54) is 0 Å². The molecule has 2 rings (SSSR count). The van der Waals surface area contributed by atoms with Gasteiger partial charge in [0.2, 0.25) is 5.91 Å². The Hall–Kier alpha value is -2.32. The van der Waals surface area contributed by atoms with Crippen molar-refractivity contribution >= 4 is 11.9 Å². The molecule has 0 fully saturated rings. The van der Waals surface area contributed by atoms with Crippen LogP contribution in [0.2, 0.25) is 0 Å². The third-order valence-corrected chi connectivity index (χ3v) is 3.30. The molecule has 1 atom stereocenters. The zero-order chi connectivity index (χ0) is 14.5. The Morgan fingerprint density at radius 1 is 1.50 bits per heavy atom. The number of carbonyl (C=O) groups excluding carboxylic acids is 2. The van der Waals surface area contributed by atoms with E-state index in [1.807, 2.05) is 0 Å². The Morgan fingerprint density at radius 3 is 3.00 bits per heavy atom. The van der Waals surface area contributed by atoms with E-state index in [2.05, 4.69) is 11.2 Å². The van der Waals surface area contributed by atoms with Crippen LogP contribution >= 0.6 is 0 Å². The first kappa shape index (κ1) is 14.1. The van der Waals surface area contributed by atoms with Crippen molar-refractivity contribution in [3.63, 3.8) is 0 Å². The van der Waals surface area contributed by atoms with Crippen LogP contribution in [0.1, 0.15) is 27.4 Å². The maximum absolute atomic E-state index is 11.8. The monoisotopic (exact) mass is 272 g/mol. The number of fused-ring (bicyclic) bond motifs is 1. The van der Waals surface area contributed by atoms with Crippen LogP contribution in [-0.2, 0) is 16.0 Å². The molecule has 5 heteroatoms. The van der Waals surface area contributed by atoms with Crippen LogP contribution in [0.15, 0.2) is 18.2 Å². The number of hydrogen-bond acceptors (Lipinski definition) is 4. The SMILES string of the molecule is C#CCOC(=O)c1ccc2c(c1)CCNCC2C(N)=O. The smallest absolute Gasteiger partial charge is 0.339 e. The zero-order valence-corrected chi connectivity index (χ0v) is 11.0. The molecule has 1 aromatic carbocycles. The van der Waals surface area contributed by atoms with Gasteiger partial charge >= 0.3 is 5.97 Å². The number of nitrogens with one attached hydrogen (secondary N) is 1. The van der Waals surface area contributed by atoms with Crippen LogP contribution in [0.25, 0.3) is 0 Å². The van der Waals surface area contributed by atoms with Crippen molar-refractivity contribution in [1.82, 2.24) is 5.32 Å². The Labute approximate surface area is 117 Å². The highest BCUT2D eigenvalue weighted by Gasteiger charge is 2.24. The second-order valence-electron chi connectivity index (χ2n) is 4.60. The number of terminal acetylenes is 1. The molecule has 5 nitrogen and oxygen atoms in total. The lowest BCUT2D eigenvalue weighted by Gasteiger charge is -2.14. The highest BCUT2D eigenvalue weighted by Crippen LogP contribution is 2.24. The molecule has 0 bridgehead atoms. The number of primary amides is 1. The van der Waals surface area contributed by atoms with Crippen molar-refractivity contribution in [3.05, 3.63) is 34.9 Å². The number of rotatable bonds is 3. The van der Waals surface area contributed by atoms with Crippen LogP contribution < -0.4 is 11.1 Å². The molecule has 0 spiro atoms. The maximum Gasteiger partial charge on any atom is 0.339 e. The van der Waals surface area contributed by atoms with Gasteiger partial charge in [0.05, 0.1) is 11.5 Å². The molecule has 1 unspecified atom stereocenters. The van der Waals surface area contributed by atoms with Crippen molar-refractivity contribution in [2.75, 3.05) is 19.7 Å². The standard InChI is InChI=1S/C15H16N2O3/c1-2-7-20-15(19)11-3-4-12-10(8-11)5-6-17-9-13(12)14(16)18/h1,3-4,8,13,17H,5-7,9H2,(H2,16,18). The van der Waals surface area contributed by atoms with Crippen LogP contribution in [0, 0.1) is 12.3 Å². The molecule has 1 aromatic rings. The Balaban J connectivity index is 2.30. The minimum Gasteiger partial charge on any atom is -0.449 e. The molecule has 0 saturated carbocycles. The van der Waals surface area contributed by atoms with Gasteiger partial charge in [0.25, 0.3) is 0 Å². The largest absolute Gasteiger partial charge is 0.449 e. The molecular formula is C15H16N2O3. The van der Waals surface area contributed by atoms with Crippen LogP contribution in [0.4, 0.5) is 0 Å². The van der Waals surface area contributed by atoms with E-state index < -0.39 is 5.97 Å². The summed E-state index contributed by atoms with van der Waals surface area (Å²) in [7, 11) is 0. The summed E-state index contributed by atoms with van der Waals surface area (Å²) in [6, 6.07) is 5.15. The molecule has 0 aliphatic carbocycles. The summed E-state index contributed by atoms with van der Waals surface area (Å²) in [6.45, 7) is 1.20. The summed E-state index contributed by atoms with van der Waals surface area (Å²) in [5.74, 6) is 1.04. The Bertz CT molecular complexity index is 575. The van der Waals surface area contributed by atoms with Crippen molar-refractivity contribution in [2.24, 2.45) is 5.73 Å². The number of nitrogens with two attached hydrogens (primary N) is 1. The molecule has 0 aromatic heterocycles. The first-order chi connectivity index (χ1) is 9.63. The zero-order valence-electron chi connectivity index (χ0n) is 11.0. The number of carbonyl (C=O) groups is 2. The summed E-state index contributed by atoms with van der Waals surface area (Å²) in [6.07, 6.45) is 5.78. The lowest BCUT2D eigenvalue weighted by atomic mass is 9.92. The average molecular weight is 272 g/mol. The minimum atomic E-state index is -0.460. The van der Waals surface area contributed by atoms with Gasteiger partial charge in [0.1, 0.15) is 0 Å². The normalized spacial score (nSPS) is 17.4. The summed E-state index contributed by atoms with van der Waals surface area (Å²) < 4.78 is 4.89. The number of ether oxygens (including phenoxy) is 1. The number of benzene rings is 1. The molecule has 1 amide bonds. The van der Waals surface area contributed by atoms with E-state index in [1.54, 1.807) is 18.2 Å². The van der Waals surface area contributed by atoms with E-state index in [4.69, 9.17) is 16.9 Å². The van der Waals surface area contributed by atoms with Gasteiger partial charge in [-0.2, -0.15) is 0 Å². The molecule has 20 heavy (non-hydrogen) atoms. The van der Waals surface area contributed by atoms with Crippen LogP contribution in [-0.4, -0.2) is 31.6 Å². The second-order valence-corrected chi connectivity index (χ2v) is 4.60. The van der Waals surface area contributed by atoms with Gasteiger partial charge in [-0.15, -0.1) is 6.42 Å². The first-order valence-electron chi connectivity index (χ1n) is 6.37. The van der Waals surface area contributed by atoms with Crippen LogP contribution in [0.5, 0.6) is 0 Å². The van der Waals surface area contributed by atoms with Gasteiger partial charge in [-0.1, -0.05) is 12.0 Å². The summed E-state index contributed by atoms with van der Waals surface area (Å²) in [5, 5.41) is 3.17. The van der Waals surface area contributed by atoms with Crippen molar-refractivity contribution < 1.29 is 14.3 Å². The molecule has 104 valence electrons. The number of amides is 1. The molecular weight excluding hydrogens is 256 g/mol. The number of hydrogen-bond donors (Lipinski definition) is 2. The predicted molar refractivity (Wildman–Crippen MR) is 74.1 cm³/mol. The lowest BCUT2D eigenvalue weighted by molar-refractivity contribution is -0.119. The fourth-order valence-corrected chi connectivity index (χ4v) is 2.31. The van der Waals surface area contributed by atoms with Crippen molar-refractivity contribution in [2.45, 2.75) is 12.3 Å². The topological polar surface area (TPSA) is 81.4 Å². The van der Waals surface area contributed by atoms with Gasteiger partial charge in [-0.25, -0.2) is 4.79 Å². The highest BCUT2D eigenvalue weighted by molar-refractivity contribution is 5.90. The third-order valence-electron chi connectivity index (χ3n) is 3.30. The van der Waals surface area contributed by atoms with E-state index in [-0.39, 0.29) is 18.4 Å². The average Bonchev–Trinajstić information content (AvgIpc) is 2.66. The molecule has 3 N–H and O–H groups in total. The summed E-state index contributed by atoms with van der Waals surface area (Å²) in [5.41, 5.74) is 7.67. The Kier molecular flexibility index (Phi) is 4.38. The summed E-state index contributed by atoms with van der Waals surface area (Å²) in [4.78, 5) is 23.3. The van der Waals surface area contributed by atoms with Gasteiger partial charge < -0.3 is 15.8 Å². The van der Waals surface area contributed by atoms with Gasteiger partial charge in [-0.05, 0) is 36.2 Å². The van der Waals surface area contributed by atoms with E-state index in [9.17, 15) is 9.59 Å². The van der Waals surface area contributed by atoms with E-state index in [0.29, 0.717) is 12.1 Å². The summed E-state index contributed by atoms with van der Waals surface area (Å²) >= 11 is 0. The van der Waals surface area contributed by atoms with Crippen molar-refractivity contribution in [1.29, 1.82) is 0 Å². The lowest BCUT2D eigenvalue weighted by Crippen LogP contribution is -2.30. The van der Waals surface area contributed by atoms with E-state index >= 15 is 0 Å². The van der Waals surface area contributed by atoms with E-state index in [0.717, 1.165) is 24.1 Å². The van der Waals surface area contributed by atoms with Gasteiger partial charge in [-0.3, -0.25) is 4.79 Å². The molecule has 1 aliphatic heterocycles. The fourth-order valence-electron chi connectivity index (χ4n) is 2.31. The third kappa shape index (κ3) is 2.98. The molecule has 1 aliphatic rings. The van der Waals surface area contributed by atoms with Gasteiger partial charge in [0.15, 0.2) is 6.61 Å². The highest BCUT2D eigenvalue weighted by atomic mass is 16.5. The predicted octanol–water partition coefficient (Wildman–Crippen LogP) is 0.191. The maximum atomic E-state index is 11.8. The number of esters is 1. The first-order valence-corrected chi connectivity index (χ1v) is 6.37. The van der Waals surface area contributed by atoms with Gasteiger partial charge in [0, 0.05) is 6.54 Å². The molecule has 0 saturated heterocycles. The van der Waals surface area contributed by atoms with Crippen LogP contribution in [0.3, 0.4) is 0 Å². The molecule has 1 heterocycles.